The second-order valence-corrected chi connectivity index (χ2v) is 3.17. The Balaban J connectivity index is 4.09. The van der Waals surface area contributed by atoms with Crippen LogP contribution >= 0.6 is 0 Å². The van der Waals surface area contributed by atoms with Crippen LogP contribution in [0.4, 0.5) is 4.79 Å². The van der Waals surface area contributed by atoms with Crippen LogP contribution in [0.25, 0.3) is 0 Å². The number of amides is 2. The molecule has 0 aromatic carbocycles. The maximum absolute atomic E-state index is 11.5. The third-order valence-electron chi connectivity index (χ3n) is 1.97. The highest BCUT2D eigenvalue weighted by Crippen LogP contribution is 1.93. The van der Waals surface area contributed by atoms with E-state index < -0.39 is 18.0 Å². The summed E-state index contributed by atoms with van der Waals surface area (Å²) in [6, 6.07) is -1.32. The average molecular weight is 218 g/mol. The maximum Gasteiger partial charge on any atom is 0.325 e. The first-order chi connectivity index (χ1) is 7.02. The summed E-state index contributed by atoms with van der Waals surface area (Å²) in [7, 11) is 0. The minimum Gasteiger partial charge on any atom is -0.480 e. The lowest BCUT2D eigenvalue weighted by Crippen LogP contribution is -2.47. The fourth-order valence-corrected chi connectivity index (χ4v) is 1.00. The fraction of sp³-hybridized carbons (Fsp3) is 0.778. The topological polar surface area (TPSA) is 89.9 Å². The molecule has 0 heterocycles. The zero-order valence-electron chi connectivity index (χ0n) is 9.06. The number of aliphatic hydroxyl groups is 1. The van der Waals surface area contributed by atoms with Crippen molar-refractivity contribution in [3.63, 3.8) is 0 Å². The second-order valence-electron chi connectivity index (χ2n) is 3.17. The highest BCUT2D eigenvalue weighted by atomic mass is 16.4. The molecule has 0 aliphatic heterocycles. The normalized spacial score (nSPS) is 11.9. The van der Waals surface area contributed by atoms with Crippen molar-refractivity contribution in [2.24, 2.45) is 0 Å². The smallest absolute Gasteiger partial charge is 0.325 e. The van der Waals surface area contributed by atoms with Gasteiger partial charge in [-0.2, -0.15) is 0 Å². The van der Waals surface area contributed by atoms with Crippen LogP contribution in [-0.4, -0.2) is 52.9 Å². The highest BCUT2D eigenvalue weighted by Gasteiger charge is 2.17. The van der Waals surface area contributed by atoms with Gasteiger partial charge in [-0.3, -0.25) is 4.79 Å². The number of aliphatic hydroxyl groups excluding tert-OH is 1. The van der Waals surface area contributed by atoms with Gasteiger partial charge >= 0.3 is 12.0 Å². The number of nitrogens with one attached hydrogen (secondary N) is 1. The lowest BCUT2D eigenvalue weighted by Gasteiger charge is -2.22. The van der Waals surface area contributed by atoms with Crippen molar-refractivity contribution in [3.8, 4) is 0 Å². The van der Waals surface area contributed by atoms with E-state index in [1.54, 1.807) is 6.92 Å². The fourth-order valence-electron chi connectivity index (χ4n) is 1.00. The van der Waals surface area contributed by atoms with Crippen LogP contribution in [0, 0.1) is 0 Å². The van der Waals surface area contributed by atoms with E-state index in [-0.39, 0.29) is 6.61 Å². The lowest BCUT2D eigenvalue weighted by atomic mass is 10.3. The van der Waals surface area contributed by atoms with Gasteiger partial charge in [0.25, 0.3) is 0 Å². The van der Waals surface area contributed by atoms with Gasteiger partial charge in [-0.25, -0.2) is 4.79 Å². The Morgan fingerprint density at radius 3 is 2.47 bits per heavy atom. The van der Waals surface area contributed by atoms with Crippen molar-refractivity contribution in [3.05, 3.63) is 0 Å². The molecule has 0 aliphatic rings. The molecule has 0 radical (unpaired) electrons. The average Bonchev–Trinajstić information content (AvgIpc) is 2.18. The van der Waals surface area contributed by atoms with Gasteiger partial charge in [-0.15, -0.1) is 0 Å². The molecule has 0 aromatic rings. The summed E-state index contributed by atoms with van der Waals surface area (Å²) in [4.78, 5) is 23.4. The molecule has 0 saturated heterocycles. The Kier molecular flexibility index (Phi) is 6.44. The predicted molar refractivity (Wildman–Crippen MR) is 54.6 cm³/mol. The molecule has 0 aliphatic carbocycles. The molecule has 0 bridgehead atoms. The van der Waals surface area contributed by atoms with Gasteiger partial charge < -0.3 is 20.4 Å². The molecular weight excluding hydrogens is 200 g/mol. The summed E-state index contributed by atoms with van der Waals surface area (Å²) in [6.07, 6.45) is 0.489. The van der Waals surface area contributed by atoms with Crippen LogP contribution in [0.2, 0.25) is 0 Å². The number of carboxylic acid groups (broad SMARTS) is 1. The molecule has 2 amide bonds. The molecule has 6 nitrogen and oxygen atoms in total. The van der Waals surface area contributed by atoms with E-state index in [4.69, 9.17) is 10.2 Å². The minimum atomic E-state index is -1.07. The number of hydrogen-bond acceptors (Lipinski definition) is 3. The second kappa shape index (κ2) is 7.05. The number of carbonyl (C=O) groups excluding carboxylic acids is 1. The van der Waals surface area contributed by atoms with Crippen LogP contribution in [0.3, 0.4) is 0 Å². The van der Waals surface area contributed by atoms with Gasteiger partial charge in [-0.1, -0.05) is 0 Å². The molecule has 88 valence electrons. The number of aliphatic carboxylic acids is 1. The Bertz CT molecular complexity index is 220. The van der Waals surface area contributed by atoms with Crippen molar-refractivity contribution in [2.45, 2.75) is 26.3 Å². The molecule has 0 spiro atoms. The van der Waals surface area contributed by atoms with Crippen molar-refractivity contribution in [2.75, 3.05) is 19.7 Å². The zero-order chi connectivity index (χ0) is 11.8. The predicted octanol–water partition coefficient (Wildman–Crippen LogP) is -0.127. The van der Waals surface area contributed by atoms with Gasteiger partial charge in [0, 0.05) is 19.7 Å². The van der Waals surface area contributed by atoms with Gasteiger partial charge in [0.05, 0.1) is 0 Å². The first kappa shape index (κ1) is 13.7. The molecule has 0 fully saturated rings. The van der Waals surface area contributed by atoms with Crippen LogP contribution in [-0.2, 0) is 4.79 Å². The number of carbonyl (C=O) groups is 2. The monoisotopic (exact) mass is 218 g/mol. The van der Waals surface area contributed by atoms with Crippen LogP contribution in [0.5, 0.6) is 0 Å². The first-order valence-electron chi connectivity index (χ1n) is 4.92. The van der Waals surface area contributed by atoms with Gasteiger partial charge in [0.1, 0.15) is 6.04 Å². The van der Waals surface area contributed by atoms with E-state index in [1.807, 2.05) is 0 Å². The van der Waals surface area contributed by atoms with E-state index in [1.165, 1.54) is 11.8 Å². The lowest BCUT2D eigenvalue weighted by molar-refractivity contribution is -0.138. The van der Waals surface area contributed by atoms with Gasteiger partial charge in [0.15, 0.2) is 0 Å². The molecule has 15 heavy (non-hydrogen) atoms. The molecule has 1 unspecified atom stereocenters. The summed E-state index contributed by atoms with van der Waals surface area (Å²) in [5.74, 6) is -1.07. The summed E-state index contributed by atoms with van der Waals surface area (Å²) in [5.41, 5.74) is 0. The molecule has 0 aromatic heterocycles. The molecule has 3 N–H and O–H groups in total. The van der Waals surface area contributed by atoms with Crippen molar-refractivity contribution in [1.29, 1.82) is 0 Å². The Morgan fingerprint density at radius 2 is 2.07 bits per heavy atom. The Labute approximate surface area is 88.9 Å². The van der Waals surface area contributed by atoms with E-state index in [9.17, 15) is 9.59 Å². The van der Waals surface area contributed by atoms with E-state index in [2.05, 4.69) is 5.32 Å². The molecule has 1 atom stereocenters. The first-order valence-corrected chi connectivity index (χ1v) is 4.92. The summed E-state index contributed by atoms with van der Waals surface area (Å²) in [5, 5.41) is 19.5. The number of rotatable bonds is 6. The molecular formula is C9H18N2O4. The third kappa shape index (κ3) is 5.21. The van der Waals surface area contributed by atoms with E-state index >= 15 is 0 Å². The van der Waals surface area contributed by atoms with E-state index in [0.717, 1.165) is 0 Å². The van der Waals surface area contributed by atoms with Gasteiger partial charge in [0.2, 0.25) is 0 Å². The number of hydrogen-bond donors (Lipinski definition) is 3. The summed E-state index contributed by atoms with van der Waals surface area (Å²) >= 11 is 0. The Morgan fingerprint density at radius 1 is 1.47 bits per heavy atom. The molecule has 0 saturated carbocycles. The molecule has 6 heteroatoms. The van der Waals surface area contributed by atoms with Crippen LogP contribution < -0.4 is 5.32 Å². The number of carboxylic acids is 1. The highest BCUT2D eigenvalue weighted by molar-refractivity contribution is 5.82. The van der Waals surface area contributed by atoms with Gasteiger partial charge in [-0.05, 0) is 20.3 Å². The number of urea groups is 1. The molecule has 0 rings (SSSR count). The largest absolute Gasteiger partial charge is 0.480 e. The number of nitrogens with zero attached hydrogens (tertiary/aromatic N) is 1. The van der Waals surface area contributed by atoms with Crippen molar-refractivity contribution < 1.29 is 19.8 Å². The Hall–Kier alpha value is -1.30. The maximum atomic E-state index is 11.5. The van der Waals surface area contributed by atoms with Crippen LogP contribution in [0.1, 0.15) is 20.3 Å². The van der Waals surface area contributed by atoms with Crippen molar-refractivity contribution in [1.82, 2.24) is 10.2 Å². The quantitative estimate of drug-likeness (QED) is 0.579. The van der Waals surface area contributed by atoms with Crippen molar-refractivity contribution >= 4 is 12.0 Å². The summed E-state index contributed by atoms with van der Waals surface area (Å²) in [6.45, 7) is 4.12. The van der Waals surface area contributed by atoms with Crippen LogP contribution in [0.15, 0.2) is 0 Å². The minimum absolute atomic E-state index is 0.0122. The third-order valence-corrected chi connectivity index (χ3v) is 1.97. The summed E-state index contributed by atoms with van der Waals surface area (Å²) < 4.78 is 0. The zero-order valence-corrected chi connectivity index (χ0v) is 9.06. The van der Waals surface area contributed by atoms with E-state index in [0.29, 0.717) is 19.5 Å². The standard InChI is InChI=1S/C9H18N2O4/c1-3-11(5-4-6-12)9(15)10-7(2)8(13)14/h7,12H,3-6H2,1-2H3,(H,10,15)(H,13,14). The SMILES string of the molecule is CCN(CCCO)C(=O)NC(C)C(=O)O.